The quantitative estimate of drug-likeness (QED) is 0.713. The Labute approximate surface area is 154 Å². The van der Waals surface area contributed by atoms with Gasteiger partial charge in [-0.05, 0) is 36.8 Å². The van der Waals surface area contributed by atoms with Gasteiger partial charge in [-0.1, -0.05) is 18.5 Å². The highest BCUT2D eigenvalue weighted by Crippen LogP contribution is 2.24. The first-order chi connectivity index (χ1) is 12.5. The Morgan fingerprint density at radius 1 is 1.35 bits per heavy atom. The van der Waals surface area contributed by atoms with Gasteiger partial charge in [0.2, 0.25) is 0 Å². The number of aromatic carboxylic acids is 1. The van der Waals surface area contributed by atoms with E-state index in [9.17, 15) is 9.59 Å². The molecule has 0 saturated heterocycles. The average Bonchev–Trinajstić information content (AvgIpc) is 3.01. The third-order valence-corrected chi connectivity index (χ3v) is 4.24. The summed E-state index contributed by atoms with van der Waals surface area (Å²) in [5.41, 5.74) is 1.77. The molecule has 0 saturated carbocycles. The first kappa shape index (κ1) is 17.8. The number of methoxy groups -OCH3 is 1. The highest BCUT2D eigenvalue weighted by Gasteiger charge is 2.21. The molecule has 2 heterocycles. The molecule has 1 amide bonds. The van der Waals surface area contributed by atoms with Gasteiger partial charge >= 0.3 is 5.97 Å². The smallest absolute Gasteiger partial charge is 0.337 e. The minimum Gasteiger partial charge on any atom is -0.493 e. The molecule has 0 unspecified atom stereocenters. The fourth-order valence-corrected chi connectivity index (χ4v) is 2.89. The molecule has 0 fully saturated rings. The van der Waals surface area contributed by atoms with E-state index in [4.69, 9.17) is 21.4 Å². The summed E-state index contributed by atoms with van der Waals surface area (Å²) in [6.45, 7) is 1.90. The van der Waals surface area contributed by atoms with Gasteiger partial charge in [0.1, 0.15) is 5.69 Å². The maximum Gasteiger partial charge on any atom is 0.337 e. The highest BCUT2D eigenvalue weighted by molar-refractivity contribution is 6.33. The molecule has 8 heteroatoms. The standard InChI is InChI=1S/C18H16ClN3O4/c1-3-13-15(22-8-4-5-14(26-2)16(22)21-13)17(23)20-10-6-7-12(19)11(9-10)18(24)25/h4-9H,3H2,1-2H3,(H,20,23)(H,24,25). The van der Waals surface area contributed by atoms with E-state index in [0.717, 1.165) is 0 Å². The van der Waals surface area contributed by atoms with Gasteiger partial charge in [0.15, 0.2) is 11.4 Å². The lowest BCUT2D eigenvalue weighted by Gasteiger charge is -2.09. The van der Waals surface area contributed by atoms with E-state index >= 15 is 0 Å². The van der Waals surface area contributed by atoms with Crippen LogP contribution in [0, 0.1) is 0 Å². The number of nitrogens with zero attached hydrogens (tertiary/aromatic N) is 2. The highest BCUT2D eigenvalue weighted by atomic mass is 35.5. The molecule has 2 N–H and O–H groups in total. The second-order valence-electron chi connectivity index (χ2n) is 5.48. The number of aryl methyl sites for hydroxylation is 1. The Balaban J connectivity index is 2.03. The Bertz CT molecular complexity index is 1010. The SMILES string of the molecule is CCc1nc2c(OC)cccn2c1C(=O)Nc1ccc(Cl)c(C(=O)O)c1. The number of rotatable bonds is 5. The zero-order valence-corrected chi connectivity index (χ0v) is 14.9. The first-order valence-electron chi connectivity index (χ1n) is 7.84. The molecule has 1 aromatic carbocycles. The van der Waals surface area contributed by atoms with Gasteiger partial charge in [-0.3, -0.25) is 9.20 Å². The van der Waals surface area contributed by atoms with Crippen molar-refractivity contribution in [2.24, 2.45) is 0 Å². The fourth-order valence-electron chi connectivity index (χ4n) is 2.69. The van der Waals surface area contributed by atoms with Gasteiger partial charge in [-0.25, -0.2) is 9.78 Å². The Morgan fingerprint density at radius 2 is 2.12 bits per heavy atom. The van der Waals surface area contributed by atoms with Crippen molar-refractivity contribution in [3.8, 4) is 5.75 Å². The number of carbonyl (C=O) groups excluding carboxylic acids is 1. The molecule has 0 aliphatic rings. The monoisotopic (exact) mass is 373 g/mol. The van der Waals surface area contributed by atoms with Crippen LogP contribution >= 0.6 is 11.6 Å². The molecule has 0 aliphatic carbocycles. The fraction of sp³-hybridized carbons (Fsp3) is 0.167. The van der Waals surface area contributed by atoms with Crippen LogP contribution in [-0.2, 0) is 6.42 Å². The number of imidazole rings is 1. The Hall–Kier alpha value is -3.06. The maximum atomic E-state index is 12.8. The summed E-state index contributed by atoms with van der Waals surface area (Å²) in [6, 6.07) is 7.81. The lowest BCUT2D eigenvalue weighted by molar-refractivity contribution is 0.0696. The van der Waals surface area contributed by atoms with Crippen LogP contribution in [0.15, 0.2) is 36.5 Å². The number of hydrogen-bond donors (Lipinski definition) is 2. The molecule has 0 aliphatic heterocycles. The number of amides is 1. The molecule has 0 radical (unpaired) electrons. The summed E-state index contributed by atoms with van der Waals surface area (Å²) < 4.78 is 6.95. The summed E-state index contributed by atoms with van der Waals surface area (Å²) in [5.74, 6) is -1.01. The van der Waals surface area contributed by atoms with E-state index in [-0.39, 0.29) is 10.6 Å². The summed E-state index contributed by atoms with van der Waals surface area (Å²) in [4.78, 5) is 28.5. The lowest BCUT2D eigenvalue weighted by atomic mass is 10.2. The van der Waals surface area contributed by atoms with Gasteiger partial charge in [0.25, 0.3) is 5.91 Å². The maximum absolute atomic E-state index is 12.8. The van der Waals surface area contributed by atoms with Crippen LogP contribution in [-0.4, -0.2) is 33.5 Å². The molecule has 0 spiro atoms. The summed E-state index contributed by atoms with van der Waals surface area (Å²) in [6.07, 6.45) is 2.28. The Morgan fingerprint density at radius 3 is 2.77 bits per heavy atom. The second kappa shape index (κ2) is 7.05. The van der Waals surface area contributed by atoms with Gasteiger partial charge < -0.3 is 15.2 Å². The van der Waals surface area contributed by atoms with E-state index in [2.05, 4.69) is 10.3 Å². The van der Waals surface area contributed by atoms with Gasteiger partial charge in [0, 0.05) is 11.9 Å². The van der Waals surface area contributed by atoms with Crippen LogP contribution in [0.4, 0.5) is 5.69 Å². The number of carbonyl (C=O) groups is 2. The van der Waals surface area contributed by atoms with Crippen LogP contribution < -0.4 is 10.1 Å². The summed E-state index contributed by atoms with van der Waals surface area (Å²) in [7, 11) is 1.54. The molecule has 26 heavy (non-hydrogen) atoms. The average molecular weight is 374 g/mol. The molecule has 7 nitrogen and oxygen atoms in total. The van der Waals surface area contributed by atoms with E-state index in [0.29, 0.717) is 34.9 Å². The van der Waals surface area contributed by atoms with Crippen molar-refractivity contribution < 1.29 is 19.4 Å². The molecular formula is C18H16ClN3O4. The van der Waals surface area contributed by atoms with Crippen LogP contribution in [0.5, 0.6) is 5.75 Å². The van der Waals surface area contributed by atoms with Crippen molar-refractivity contribution in [3.63, 3.8) is 0 Å². The minimum atomic E-state index is -1.17. The predicted octanol–water partition coefficient (Wildman–Crippen LogP) is 3.51. The van der Waals surface area contributed by atoms with E-state index in [1.54, 1.807) is 28.8 Å². The number of carboxylic acids is 1. The van der Waals surface area contributed by atoms with Crippen molar-refractivity contribution >= 4 is 34.8 Å². The zero-order chi connectivity index (χ0) is 18.8. The number of nitrogens with one attached hydrogen (secondary N) is 1. The van der Waals surface area contributed by atoms with E-state index in [1.165, 1.54) is 19.2 Å². The van der Waals surface area contributed by atoms with E-state index < -0.39 is 11.9 Å². The minimum absolute atomic E-state index is 0.0833. The molecule has 3 rings (SSSR count). The van der Waals surface area contributed by atoms with Crippen LogP contribution in [0.1, 0.15) is 33.5 Å². The third-order valence-electron chi connectivity index (χ3n) is 3.91. The largest absolute Gasteiger partial charge is 0.493 e. The van der Waals surface area contributed by atoms with Crippen molar-refractivity contribution in [1.82, 2.24) is 9.38 Å². The second-order valence-corrected chi connectivity index (χ2v) is 5.89. The van der Waals surface area contributed by atoms with Crippen LogP contribution in [0.3, 0.4) is 0 Å². The Kier molecular flexibility index (Phi) is 4.81. The van der Waals surface area contributed by atoms with Gasteiger partial charge in [-0.15, -0.1) is 0 Å². The van der Waals surface area contributed by atoms with Gasteiger partial charge in [-0.2, -0.15) is 0 Å². The van der Waals surface area contributed by atoms with E-state index in [1.807, 2.05) is 6.92 Å². The van der Waals surface area contributed by atoms with Crippen LogP contribution in [0.25, 0.3) is 5.65 Å². The molecule has 0 bridgehead atoms. The number of anilines is 1. The third kappa shape index (κ3) is 3.09. The van der Waals surface area contributed by atoms with Crippen molar-refractivity contribution in [2.75, 3.05) is 12.4 Å². The number of benzene rings is 1. The van der Waals surface area contributed by atoms with Crippen molar-refractivity contribution in [1.29, 1.82) is 0 Å². The number of fused-ring (bicyclic) bond motifs is 1. The number of pyridine rings is 1. The molecule has 3 aromatic rings. The molecule has 134 valence electrons. The number of ether oxygens (including phenoxy) is 1. The predicted molar refractivity (Wildman–Crippen MR) is 97.5 cm³/mol. The number of hydrogen-bond acceptors (Lipinski definition) is 4. The molecule has 0 atom stereocenters. The summed E-state index contributed by atoms with van der Waals surface area (Å²) in [5, 5.41) is 12.0. The van der Waals surface area contributed by atoms with Crippen LogP contribution in [0.2, 0.25) is 5.02 Å². The number of aromatic nitrogens is 2. The first-order valence-corrected chi connectivity index (χ1v) is 8.22. The van der Waals surface area contributed by atoms with Crippen molar-refractivity contribution in [2.45, 2.75) is 13.3 Å². The van der Waals surface area contributed by atoms with Gasteiger partial charge in [0.05, 0.1) is 23.4 Å². The van der Waals surface area contributed by atoms with Crippen molar-refractivity contribution in [3.05, 3.63) is 58.5 Å². The number of carboxylic acid groups (broad SMARTS) is 1. The topological polar surface area (TPSA) is 92.9 Å². The number of halogens is 1. The normalized spacial score (nSPS) is 10.7. The molecule has 2 aromatic heterocycles. The zero-order valence-electron chi connectivity index (χ0n) is 14.1. The lowest BCUT2D eigenvalue weighted by Crippen LogP contribution is -2.16. The molecular weight excluding hydrogens is 358 g/mol. The summed E-state index contributed by atoms with van der Waals surface area (Å²) >= 11 is 5.86.